The van der Waals surface area contributed by atoms with Gasteiger partial charge in [-0.25, -0.2) is 10.8 Å². The molecule has 1 aliphatic heterocycles. The summed E-state index contributed by atoms with van der Waals surface area (Å²) >= 11 is 0. The predicted molar refractivity (Wildman–Crippen MR) is 72.9 cm³/mol. The van der Waals surface area contributed by atoms with Crippen LogP contribution in [0, 0.1) is 5.92 Å². The van der Waals surface area contributed by atoms with Gasteiger partial charge in [-0.1, -0.05) is 6.92 Å². The smallest absolute Gasteiger partial charge is 0.218 e. The van der Waals surface area contributed by atoms with Crippen LogP contribution in [0.3, 0.4) is 0 Å². The standard InChI is InChI=1S/C13H22N4O2/c1-2-3-11-15-12(17-14)8-13(16-11)19-9-10-4-6-18-7-5-10/h8,10H,2-7,9,14H2,1H3,(H,15,16,17). The van der Waals surface area contributed by atoms with Crippen LogP contribution in [-0.2, 0) is 11.2 Å². The molecule has 0 bridgehead atoms. The fourth-order valence-corrected chi connectivity index (χ4v) is 2.07. The van der Waals surface area contributed by atoms with Crippen molar-refractivity contribution in [2.24, 2.45) is 11.8 Å². The van der Waals surface area contributed by atoms with Crippen molar-refractivity contribution in [2.45, 2.75) is 32.6 Å². The summed E-state index contributed by atoms with van der Waals surface area (Å²) in [5, 5.41) is 0. The van der Waals surface area contributed by atoms with Gasteiger partial charge >= 0.3 is 0 Å². The van der Waals surface area contributed by atoms with Crippen LogP contribution in [0.1, 0.15) is 32.0 Å². The fraction of sp³-hybridized carbons (Fsp3) is 0.692. The van der Waals surface area contributed by atoms with E-state index in [0.717, 1.165) is 44.7 Å². The van der Waals surface area contributed by atoms with Crippen LogP contribution in [0.5, 0.6) is 5.88 Å². The second-order valence-corrected chi connectivity index (χ2v) is 4.77. The molecule has 6 nitrogen and oxygen atoms in total. The Morgan fingerprint density at radius 2 is 2.21 bits per heavy atom. The van der Waals surface area contributed by atoms with Crippen molar-refractivity contribution in [2.75, 3.05) is 25.2 Å². The summed E-state index contributed by atoms with van der Waals surface area (Å²) < 4.78 is 11.1. The minimum Gasteiger partial charge on any atom is -0.477 e. The number of nitrogens with one attached hydrogen (secondary N) is 1. The largest absolute Gasteiger partial charge is 0.477 e. The van der Waals surface area contributed by atoms with Gasteiger partial charge in [0.25, 0.3) is 0 Å². The number of nitrogens with two attached hydrogens (primary N) is 1. The van der Waals surface area contributed by atoms with E-state index in [1.807, 2.05) is 0 Å². The average Bonchev–Trinajstić information content (AvgIpc) is 2.46. The van der Waals surface area contributed by atoms with Gasteiger partial charge < -0.3 is 14.9 Å². The number of ether oxygens (including phenoxy) is 2. The third kappa shape index (κ3) is 4.33. The number of nitrogen functional groups attached to an aromatic ring is 1. The van der Waals surface area contributed by atoms with Gasteiger partial charge in [0, 0.05) is 25.7 Å². The molecule has 1 aromatic heterocycles. The maximum Gasteiger partial charge on any atom is 0.218 e. The molecule has 3 N–H and O–H groups in total. The molecule has 0 amide bonds. The van der Waals surface area contributed by atoms with Gasteiger partial charge in [-0.05, 0) is 25.2 Å². The van der Waals surface area contributed by atoms with Crippen LogP contribution in [0.25, 0.3) is 0 Å². The monoisotopic (exact) mass is 266 g/mol. The SMILES string of the molecule is CCCc1nc(NN)cc(OCC2CCOCC2)n1. The molecule has 1 aliphatic rings. The Labute approximate surface area is 113 Å². The topological polar surface area (TPSA) is 82.3 Å². The molecule has 1 fully saturated rings. The van der Waals surface area contributed by atoms with Crippen molar-refractivity contribution < 1.29 is 9.47 Å². The van der Waals surface area contributed by atoms with Crippen LogP contribution in [0.2, 0.25) is 0 Å². The third-order valence-corrected chi connectivity index (χ3v) is 3.18. The van der Waals surface area contributed by atoms with E-state index >= 15 is 0 Å². The van der Waals surface area contributed by atoms with E-state index < -0.39 is 0 Å². The molecule has 0 radical (unpaired) electrons. The van der Waals surface area contributed by atoms with E-state index in [9.17, 15) is 0 Å². The Bertz CT molecular complexity index is 394. The molecule has 0 aliphatic carbocycles. The molecule has 106 valence electrons. The van der Waals surface area contributed by atoms with Gasteiger partial charge in [0.1, 0.15) is 11.6 Å². The average molecular weight is 266 g/mol. The predicted octanol–water partition coefficient (Wildman–Crippen LogP) is 1.52. The van der Waals surface area contributed by atoms with E-state index in [4.69, 9.17) is 15.3 Å². The quantitative estimate of drug-likeness (QED) is 0.600. The van der Waals surface area contributed by atoms with Crippen molar-refractivity contribution in [1.29, 1.82) is 0 Å². The number of rotatable bonds is 6. The molecule has 1 aromatic rings. The van der Waals surface area contributed by atoms with Crippen molar-refractivity contribution in [3.05, 3.63) is 11.9 Å². The van der Waals surface area contributed by atoms with E-state index in [1.54, 1.807) is 6.07 Å². The Balaban J connectivity index is 1.95. The fourth-order valence-electron chi connectivity index (χ4n) is 2.07. The molecule has 0 spiro atoms. The molecular weight excluding hydrogens is 244 g/mol. The number of anilines is 1. The van der Waals surface area contributed by atoms with Gasteiger partial charge in [-0.15, -0.1) is 0 Å². The summed E-state index contributed by atoms with van der Waals surface area (Å²) in [5.74, 6) is 7.92. The van der Waals surface area contributed by atoms with Gasteiger partial charge in [0.15, 0.2) is 0 Å². The van der Waals surface area contributed by atoms with E-state index in [-0.39, 0.29) is 0 Å². The Morgan fingerprint density at radius 3 is 2.89 bits per heavy atom. The zero-order valence-corrected chi connectivity index (χ0v) is 11.4. The first-order valence-corrected chi connectivity index (χ1v) is 6.87. The lowest BCUT2D eigenvalue weighted by Crippen LogP contribution is -2.22. The number of nitrogens with zero attached hydrogens (tertiary/aromatic N) is 2. The van der Waals surface area contributed by atoms with Crippen molar-refractivity contribution >= 4 is 5.82 Å². The molecule has 0 atom stereocenters. The number of aromatic nitrogens is 2. The molecular formula is C13H22N4O2. The number of hydrazine groups is 1. The maximum atomic E-state index is 5.77. The van der Waals surface area contributed by atoms with Crippen LogP contribution in [0.15, 0.2) is 6.07 Å². The summed E-state index contributed by atoms with van der Waals surface area (Å²) in [4.78, 5) is 8.68. The number of hydrogen-bond donors (Lipinski definition) is 2. The van der Waals surface area contributed by atoms with Crippen molar-refractivity contribution in [3.63, 3.8) is 0 Å². The van der Waals surface area contributed by atoms with E-state index in [0.29, 0.717) is 24.2 Å². The first-order chi connectivity index (χ1) is 9.31. The molecule has 1 saturated heterocycles. The second kappa shape index (κ2) is 7.25. The highest BCUT2D eigenvalue weighted by atomic mass is 16.5. The normalized spacial score (nSPS) is 16.3. The maximum absolute atomic E-state index is 5.77. The first-order valence-electron chi connectivity index (χ1n) is 6.87. The summed E-state index contributed by atoms with van der Waals surface area (Å²) in [5.41, 5.74) is 2.55. The second-order valence-electron chi connectivity index (χ2n) is 4.77. The van der Waals surface area contributed by atoms with Gasteiger partial charge in [0.2, 0.25) is 5.88 Å². The van der Waals surface area contributed by atoms with Crippen molar-refractivity contribution in [3.8, 4) is 5.88 Å². The van der Waals surface area contributed by atoms with Crippen LogP contribution < -0.4 is 16.0 Å². The molecule has 2 heterocycles. The zero-order chi connectivity index (χ0) is 13.5. The minimum atomic E-state index is 0.549. The minimum absolute atomic E-state index is 0.549. The Kier molecular flexibility index (Phi) is 5.35. The molecule has 0 aromatic carbocycles. The molecule has 2 rings (SSSR count). The van der Waals surface area contributed by atoms with Gasteiger partial charge in [0.05, 0.1) is 6.61 Å². The molecule has 6 heteroatoms. The molecule has 0 unspecified atom stereocenters. The lowest BCUT2D eigenvalue weighted by atomic mass is 10.0. The van der Waals surface area contributed by atoms with Gasteiger partial charge in [-0.2, -0.15) is 4.98 Å². The highest BCUT2D eigenvalue weighted by molar-refractivity contribution is 5.37. The van der Waals surface area contributed by atoms with Crippen molar-refractivity contribution in [1.82, 2.24) is 9.97 Å². The first kappa shape index (κ1) is 14.0. The molecule has 0 saturated carbocycles. The lowest BCUT2D eigenvalue weighted by molar-refractivity contribution is 0.0490. The summed E-state index contributed by atoms with van der Waals surface area (Å²) in [6.07, 6.45) is 3.92. The Morgan fingerprint density at radius 1 is 1.42 bits per heavy atom. The van der Waals surface area contributed by atoms with Crippen LogP contribution >= 0.6 is 0 Å². The molecule has 19 heavy (non-hydrogen) atoms. The van der Waals surface area contributed by atoms with Crippen LogP contribution in [-0.4, -0.2) is 29.8 Å². The third-order valence-electron chi connectivity index (χ3n) is 3.18. The van der Waals surface area contributed by atoms with E-state index in [1.165, 1.54) is 0 Å². The van der Waals surface area contributed by atoms with Gasteiger partial charge in [-0.3, -0.25) is 0 Å². The van der Waals surface area contributed by atoms with E-state index in [2.05, 4.69) is 22.3 Å². The highest BCUT2D eigenvalue weighted by Crippen LogP contribution is 2.18. The number of hydrogen-bond acceptors (Lipinski definition) is 6. The highest BCUT2D eigenvalue weighted by Gasteiger charge is 2.15. The summed E-state index contributed by atoms with van der Waals surface area (Å²) in [7, 11) is 0. The Hall–Kier alpha value is -1.40. The zero-order valence-electron chi connectivity index (χ0n) is 11.4. The lowest BCUT2D eigenvalue weighted by Gasteiger charge is -2.21. The van der Waals surface area contributed by atoms with Crippen LogP contribution in [0.4, 0.5) is 5.82 Å². The number of aryl methyl sites for hydroxylation is 1. The summed E-state index contributed by atoms with van der Waals surface area (Å²) in [6.45, 7) is 4.42. The summed E-state index contributed by atoms with van der Waals surface area (Å²) in [6, 6.07) is 1.73.